The molecule has 2 fully saturated rings. The minimum Gasteiger partial charge on any atom is -0.480 e. The first kappa shape index (κ1) is 24.2. The van der Waals surface area contributed by atoms with Crippen molar-refractivity contribution in [2.75, 3.05) is 38.7 Å². The molecule has 1 aromatic heterocycles. The summed E-state index contributed by atoms with van der Waals surface area (Å²) in [6, 6.07) is 11.7. The molecule has 5 rings (SSSR count). The standard InChI is InChI=1S/C28H37N3O4/c1-34-25-17-24(25)22-9-2-3-10-23(22)26(28(32)33)31-15-13-21(18-31)35-16-5-4-8-20-12-11-19-7-6-14-29-27(19)30-20/h2-3,9-12,21,24-26H,4-8,13-18H2,1H3,(H,29,30)(H,32,33)/t21-,24-,25?,26?/m1/s1. The molecule has 2 aliphatic heterocycles. The third-order valence-electron chi connectivity index (χ3n) is 7.63. The van der Waals surface area contributed by atoms with Crippen LogP contribution in [0.4, 0.5) is 5.82 Å². The van der Waals surface area contributed by atoms with Crippen LogP contribution in [0.1, 0.15) is 66.4 Å². The number of aromatic nitrogens is 1. The number of hydrogen-bond acceptors (Lipinski definition) is 6. The van der Waals surface area contributed by atoms with E-state index < -0.39 is 12.0 Å². The maximum absolute atomic E-state index is 12.3. The Labute approximate surface area is 207 Å². The number of aryl methyl sites for hydroxylation is 2. The average molecular weight is 480 g/mol. The molecule has 0 radical (unpaired) electrons. The summed E-state index contributed by atoms with van der Waals surface area (Å²) in [4.78, 5) is 19.2. The van der Waals surface area contributed by atoms with E-state index in [4.69, 9.17) is 14.5 Å². The number of aliphatic carboxylic acids is 1. The highest BCUT2D eigenvalue weighted by Crippen LogP contribution is 2.46. The molecule has 188 valence electrons. The number of methoxy groups -OCH3 is 1. The molecule has 7 nitrogen and oxygen atoms in total. The molecule has 2 aromatic rings. The van der Waals surface area contributed by atoms with E-state index in [0.717, 1.165) is 74.3 Å². The zero-order valence-corrected chi connectivity index (χ0v) is 20.6. The van der Waals surface area contributed by atoms with E-state index in [2.05, 4.69) is 28.4 Å². The van der Waals surface area contributed by atoms with Crippen molar-refractivity contribution in [3.8, 4) is 0 Å². The number of benzene rings is 1. The van der Waals surface area contributed by atoms with E-state index in [1.54, 1.807) is 7.11 Å². The molecule has 0 spiro atoms. The summed E-state index contributed by atoms with van der Waals surface area (Å²) in [7, 11) is 1.73. The van der Waals surface area contributed by atoms with Gasteiger partial charge < -0.3 is 19.9 Å². The number of unbranched alkanes of at least 4 members (excludes halogenated alkanes) is 1. The lowest BCUT2D eigenvalue weighted by Crippen LogP contribution is -2.34. The fraction of sp³-hybridized carbons (Fsp3) is 0.571. The molecule has 1 aromatic carbocycles. The molecule has 1 saturated heterocycles. The van der Waals surface area contributed by atoms with Crippen LogP contribution in [0.2, 0.25) is 0 Å². The monoisotopic (exact) mass is 479 g/mol. The summed E-state index contributed by atoms with van der Waals surface area (Å²) >= 11 is 0. The van der Waals surface area contributed by atoms with Gasteiger partial charge in [0.05, 0.1) is 12.2 Å². The molecule has 4 atom stereocenters. The zero-order valence-electron chi connectivity index (χ0n) is 20.6. The number of nitrogens with one attached hydrogen (secondary N) is 1. The van der Waals surface area contributed by atoms with Gasteiger partial charge in [-0.25, -0.2) is 4.98 Å². The van der Waals surface area contributed by atoms with Crippen LogP contribution in [0.15, 0.2) is 36.4 Å². The highest BCUT2D eigenvalue weighted by Gasteiger charge is 2.43. The Morgan fingerprint density at radius 1 is 1.26 bits per heavy atom. The predicted molar refractivity (Wildman–Crippen MR) is 135 cm³/mol. The first-order valence-electron chi connectivity index (χ1n) is 13.1. The van der Waals surface area contributed by atoms with Crippen molar-refractivity contribution in [1.29, 1.82) is 0 Å². The summed E-state index contributed by atoms with van der Waals surface area (Å²) in [6.07, 6.45) is 7.39. The summed E-state index contributed by atoms with van der Waals surface area (Å²) in [5, 5.41) is 13.5. The lowest BCUT2D eigenvalue weighted by atomic mass is 9.96. The fourth-order valence-electron chi connectivity index (χ4n) is 5.63. The van der Waals surface area contributed by atoms with Crippen molar-refractivity contribution in [3.05, 3.63) is 58.8 Å². The van der Waals surface area contributed by atoms with Crippen molar-refractivity contribution in [2.45, 2.75) is 69.1 Å². The van der Waals surface area contributed by atoms with Crippen molar-refractivity contribution < 1.29 is 19.4 Å². The maximum Gasteiger partial charge on any atom is 0.325 e. The lowest BCUT2D eigenvalue weighted by Gasteiger charge is -2.26. The third kappa shape index (κ3) is 5.68. The molecule has 1 saturated carbocycles. The van der Waals surface area contributed by atoms with Crippen molar-refractivity contribution in [3.63, 3.8) is 0 Å². The Kier molecular flexibility index (Phi) is 7.66. The quantitative estimate of drug-likeness (QED) is 0.468. The van der Waals surface area contributed by atoms with Gasteiger partial charge in [-0.15, -0.1) is 0 Å². The van der Waals surface area contributed by atoms with E-state index in [1.807, 2.05) is 18.2 Å². The number of carbonyl (C=O) groups is 1. The minimum atomic E-state index is -0.792. The number of carboxylic acid groups (broad SMARTS) is 1. The summed E-state index contributed by atoms with van der Waals surface area (Å²) < 4.78 is 11.7. The van der Waals surface area contributed by atoms with Gasteiger partial charge in [-0.3, -0.25) is 9.69 Å². The van der Waals surface area contributed by atoms with E-state index in [0.29, 0.717) is 19.1 Å². The fourth-order valence-corrected chi connectivity index (χ4v) is 5.63. The Morgan fingerprint density at radius 2 is 2.14 bits per heavy atom. The smallest absolute Gasteiger partial charge is 0.325 e. The molecule has 0 bridgehead atoms. The van der Waals surface area contributed by atoms with Gasteiger partial charge in [-0.1, -0.05) is 30.3 Å². The number of anilines is 1. The number of rotatable bonds is 11. The molecule has 1 aliphatic carbocycles. The Balaban J connectivity index is 1.10. The summed E-state index contributed by atoms with van der Waals surface area (Å²) in [5.74, 6) is 0.567. The molecular formula is C28H37N3O4. The van der Waals surface area contributed by atoms with E-state index in [-0.39, 0.29) is 12.2 Å². The average Bonchev–Trinajstić information content (AvgIpc) is 3.53. The van der Waals surface area contributed by atoms with Crippen LogP contribution >= 0.6 is 0 Å². The van der Waals surface area contributed by atoms with E-state index >= 15 is 0 Å². The highest BCUT2D eigenvalue weighted by molar-refractivity contribution is 5.76. The van der Waals surface area contributed by atoms with Gasteiger partial charge >= 0.3 is 5.97 Å². The number of pyridine rings is 1. The first-order valence-corrected chi connectivity index (χ1v) is 13.1. The number of carboxylic acids is 1. The molecule has 2 unspecified atom stereocenters. The van der Waals surface area contributed by atoms with Gasteiger partial charge in [0.1, 0.15) is 11.9 Å². The predicted octanol–water partition coefficient (Wildman–Crippen LogP) is 4.18. The second-order valence-corrected chi connectivity index (χ2v) is 10.1. The SMILES string of the molecule is COC1C[C@@H]1c1ccccc1C(C(=O)O)N1CC[C@@H](OCCCCc2ccc3c(n2)NCCC3)C1. The summed E-state index contributed by atoms with van der Waals surface area (Å²) in [5.41, 5.74) is 4.48. The molecular weight excluding hydrogens is 442 g/mol. The van der Waals surface area contributed by atoms with Crippen molar-refractivity contribution in [1.82, 2.24) is 9.88 Å². The van der Waals surface area contributed by atoms with Gasteiger partial charge in [0, 0.05) is 45.0 Å². The van der Waals surface area contributed by atoms with Crippen LogP contribution in [0, 0.1) is 0 Å². The van der Waals surface area contributed by atoms with Crippen LogP contribution < -0.4 is 5.32 Å². The number of fused-ring (bicyclic) bond motifs is 1. The second kappa shape index (κ2) is 11.1. The normalized spacial score (nSPS) is 24.5. The number of likely N-dealkylation sites (tertiary alicyclic amines) is 1. The van der Waals surface area contributed by atoms with Crippen LogP contribution in [0.3, 0.4) is 0 Å². The van der Waals surface area contributed by atoms with Crippen molar-refractivity contribution >= 4 is 11.8 Å². The van der Waals surface area contributed by atoms with Gasteiger partial charge in [0.2, 0.25) is 0 Å². The van der Waals surface area contributed by atoms with Gasteiger partial charge in [0.25, 0.3) is 0 Å². The first-order chi connectivity index (χ1) is 17.1. The zero-order chi connectivity index (χ0) is 24.2. The van der Waals surface area contributed by atoms with E-state index in [9.17, 15) is 9.90 Å². The number of nitrogens with zero attached hydrogens (tertiary/aromatic N) is 2. The van der Waals surface area contributed by atoms with Crippen LogP contribution in [-0.4, -0.2) is 66.5 Å². The second-order valence-electron chi connectivity index (χ2n) is 10.1. The molecule has 7 heteroatoms. The third-order valence-corrected chi connectivity index (χ3v) is 7.63. The number of ether oxygens (including phenoxy) is 2. The van der Waals surface area contributed by atoms with Crippen LogP contribution in [0.25, 0.3) is 0 Å². The Hall–Kier alpha value is -2.48. The van der Waals surface area contributed by atoms with E-state index in [1.165, 1.54) is 12.0 Å². The topological polar surface area (TPSA) is 83.9 Å². The van der Waals surface area contributed by atoms with Crippen LogP contribution in [-0.2, 0) is 27.1 Å². The highest BCUT2D eigenvalue weighted by atomic mass is 16.5. The molecule has 3 aliphatic rings. The largest absolute Gasteiger partial charge is 0.480 e. The number of hydrogen-bond donors (Lipinski definition) is 2. The van der Waals surface area contributed by atoms with Gasteiger partial charge in [-0.05, 0) is 67.7 Å². The molecule has 0 amide bonds. The molecule has 35 heavy (non-hydrogen) atoms. The Morgan fingerprint density at radius 3 is 2.97 bits per heavy atom. The van der Waals surface area contributed by atoms with Gasteiger partial charge in [-0.2, -0.15) is 0 Å². The Bertz CT molecular complexity index is 1030. The van der Waals surface area contributed by atoms with Gasteiger partial charge in [0.15, 0.2) is 0 Å². The lowest BCUT2D eigenvalue weighted by molar-refractivity contribution is -0.143. The molecule has 3 heterocycles. The van der Waals surface area contributed by atoms with Crippen LogP contribution in [0.5, 0.6) is 0 Å². The van der Waals surface area contributed by atoms with Crippen molar-refractivity contribution in [2.24, 2.45) is 0 Å². The maximum atomic E-state index is 12.3. The minimum absolute atomic E-state index is 0.0859. The summed E-state index contributed by atoms with van der Waals surface area (Å²) in [6.45, 7) is 3.11. The molecule has 2 N–H and O–H groups in total.